The van der Waals surface area contributed by atoms with E-state index in [1.54, 1.807) is 5.56 Å². The first-order chi connectivity index (χ1) is 10.6. The Balaban J connectivity index is 1.80. The van der Waals surface area contributed by atoms with Gasteiger partial charge in [0.2, 0.25) is 0 Å². The number of rotatable bonds is 2. The molecule has 0 aromatic heterocycles. The van der Waals surface area contributed by atoms with Crippen molar-refractivity contribution in [2.24, 2.45) is 17.3 Å². The molecule has 2 saturated carbocycles. The lowest BCUT2D eigenvalue weighted by Crippen LogP contribution is -2.60. The van der Waals surface area contributed by atoms with E-state index >= 15 is 0 Å². The Morgan fingerprint density at radius 3 is 2.86 bits per heavy atom. The highest BCUT2D eigenvalue weighted by Gasteiger charge is 2.82. The summed E-state index contributed by atoms with van der Waals surface area (Å²) in [5.41, 5.74) is 4.13. The molecule has 2 N–H and O–H groups in total. The molecular formula is C20H28N2. The maximum absolute atomic E-state index is 4.11. The lowest BCUT2D eigenvalue weighted by atomic mass is 9.57. The summed E-state index contributed by atoms with van der Waals surface area (Å²) in [7, 11) is 0. The van der Waals surface area contributed by atoms with E-state index in [2.05, 4.69) is 55.7 Å². The summed E-state index contributed by atoms with van der Waals surface area (Å²) < 4.78 is 0. The largest absolute Gasteiger partial charge is 0.378 e. The van der Waals surface area contributed by atoms with Crippen LogP contribution >= 0.6 is 0 Å². The second-order valence-corrected chi connectivity index (χ2v) is 8.46. The Hall–Kier alpha value is -1.02. The Morgan fingerprint density at radius 2 is 2.05 bits per heavy atom. The first-order valence-electron chi connectivity index (χ1n) is 9.24. The first-order valence-corrected chi connectivity index (χ1v) is 9.24. The summed E-state index contributed by atoms with van der Waals surface area (Å²) in [5, 5.41) is 8.09. The molecule has 1 saturated heterocycles. The molecule has 2 bridgehead atoms. The van der Waals surface area contributed by atoms with E-state index in [9.17, 15) is 0 Å². The van der Waals surface area contributed by atoms with Gasteiger partial charge in [-0.3, -0.25) is 0 Å². The molecule has 2 aliphatic heterocycles. The van der Waals surface area contributed by atoms with Crippen LogP contribution in [0.25, 0.3) is 0 Å². The normalized spacial score (nSPS) is 50.6. The monoisotopic (exact) mass is 296 g/mol. The molecule has 2 spiro atoms. The lowest BCUT2D eigenvalue weighted by molar-refractivity contribution is 0.119. The highest BCUT2D eigenvalue weighted by Crippen LogP contribution is 2.77. The summed E-state index contributed by atoms with van der Waals surface area (Å²) in [6.45, 7) is 8.63. The maximum atomic E-state index is 4.11. The van der Waals surface area contributed by atoms with Crippen molar-refractivity contribution in [1.29, 1.82) is 0 Å². The molecule has 2 nitrogen and oxygen atoms in total. The zero-order chi connectivity index (χ0) is 15.2. The number of para-hydroxylation sites is 1. The number of benzene rings is 1. The van der Waals surface area contributed by atoms with Gasteiger partial charge in [-0.25, -0.2) is 0 Å². The second kappa shape index (κ2) is 3.90. The molecule has 2 heterocycles. The fourth-order valence-corrected chi connectivity index (χ4v) is 7.84. The van der Waals surface area contributed by atoms with E-state index in [1.807, 2.05) is 0 Å². The molecule has 2 aliphatic carbocycles. The van der Waals surface area contributed by atoms with E-state index in [0.717, 1.165) is 11.8 Å². The number of anilines is 1. The Labute approximate surface area is 134 Å². The van der Waals surface area contributed by atoms with Crippen molar-refractivity contribution < 1.29 is 0 Å². The zero-order valence-electron chi connectivity index (χ0n) is 14.1. The average Bonchev–Trinajstić information content (AvgIpc) is 3.17. The van der Waals surface area contributed by atoms with Gasteiger partial charge >= 0.3 is 0 Å². The molecule has 0 amide bonds. The van der Waals surface area contributed by atoms with Crippen LogP contribution in [0.4, 0.5) is 5.69 Å². The van der Waals surface area contributed by atoms with Crippen LogP contribution in [0.5, 0.6) is 0 Å². The molecule has 118 valence electrons. The van der Waals surface area contributed by atoms with Gasteiger partial charge in [0.1, 0.15) is 0 Å². The standard InChI is InChI=1S/C20H28N2/c1-4-9-18-12-13(2)20(14(18)3)19(10-11-21-17(18)19)15-7-5-6-8-16(15)22-20/h5-8,13-14,17,21-22H,4,9-12H2,1-3H3/t13-,14-,17+,18+,19-,20+/m1/s1. The summed E-state index contributed by atoms with van der Waals surface area (Å²) in [4.78, 5) is 0. The molecule has 6 atom stereocenters. The molecule has 0 radical (unpaired) electrons. The van der Waals surface area contributed by atoms with Gasteiger partial charge < -0.3 is 10.6 Å². The quantitative estimate of drug-likeness (QED) is 0.864. The highest BCUT2D eigenvalue weighted by molar-refractivity contribution is 5.70. The molecule has 3 fully saturated rings. The topological polar surface area (TPSA) is 24.1 Å². The van der Waals surface area contributed by atoms with Gasteiger partial charge in [-0.1, -0.05) is 45.4 Å². The third-order valence-electron chi connectivity index (χ3n) is 8.15. The Kier molecular flexibility index (Phi) is 2.38. The van der Waals surface area contributed by atoms with Crippen molar-refractivity contribution in [3.05, 3.63) is 29.8 Å². The molecule has 22 heavy (non-hydrogen) atoms. The summed E-state index contributed by atoms with van der Waals surface area (Å²) >= 11 is 0. The predicted molar refractivity (Wildman–Crippen MR) is 91.2 cm³/mol. The SMILES string of the molecule is CCC[C@@]12C[C@@H](C)[C@]3(Nc4ccccc4[C@@]34CCN[C@@H]14)[C@@H]2C. The van der Waals surface area contributed by atoms with Crippen molar-refractivity contribution in [2.45, 2.75) is 63.5 Å². The molecule has 0 unspecified atom stereocenters. The second-order valence-electron chi connectivity index (χ2n) is 8.46. The van der Waals surface area contributed by atoms with E-state index in [0.29, 0.717) is 16.9 Å². The third-order valence-corrected chi connectivity index (χ3v) is 8.15. The lowest BCUT2D eigenvalue weighted by Gasteiger charge is -2.49. The smallest absolute Gasteiger partial charge is 0.0543 e. The zero-order valence-corrected chi connectivity index (χ0v) is 14.1. The minimum absolute atomic E-state index is 0.278. The summed E-state index contributed by atoms with van der Waals surface area (Å²) in [6.07, 6.45) is 5.39. The fourth-order valence-electron chi connectivity index (χ4n) is 7.84. The molecular weight excluding hydrogens is 268 g/mol. The van der Waals surface area contributed by atoms with E-state index in [4.69, 9.17) is 0 Å². The number of fused-ring (bicyclic) bond motifs is 3. The van der Waals surface area contributed by atoms with Crippen LogP contribution in [0.15, 0.2) is 24.3 Å². The van der Waals surface area contributed by atoms with Crippen LogP contribution in [0.3, 0.4) is 0 Å². The van der Waals surface area contributed by atoms with Gasteiger partial charge in [0.05, 0.1) is 5.54 Å². The molecule has 1 aromatic rings. The first kappa shape index (κ1) is 13.4. The van der Waals surface area contributed by atoms with E-state index < -0.39 is 0 Å². The van der Waals surface area contributed by atoms with Crippen molar-refractivity contribution in [1.82, 2.24) is 5.32 Å². The average molecular weight is 296 g/mol. The van der Waals surface area contributed by atoms with Crippen molar-refractivity contribution in [3.8, 4) is 0 Å². The maximum Gasteiger partial charge on any atom is 0.0543 e. The van der Waals surface area contributed by atoms with Gasteiger partial charge in [0, 0.05) is 17.1 Å². The van der Waals surface area contributed by atoms with Crippen LogP contribution in [0, 0.1) is 17.3 Å². The molecule has 2 heteroatoms. The van der Waals surface area contributed by atoms with Gasteiger partial charge in [-0.2, -0.15) is 0 Å². The fraction of sp³-hybridized carbons (Fsp3) is 0.700. The van der Waals surface area contributed by atoms with Gasteiger partial charge in [-0.05, 0) is 54.7 Å². The van der Waals surface area contributed by atoms with E-state index in [1.165, 1.54) is 37.9 Å². The molecule has 4 aliphatic rings. The van der Waals surface area contributed by atoms with Crippen LogP contribution < -0.4 is 10.6 Å². The van der Waals surface area contributed by atoms with Crippen molar-refractivity contribution >= 4 is 5.69 Å². The van der Waals surface area contributed by atoms with Crippen molar-refractivity contribution in [2.75, 3.05) is 11.9 Å². The van der Waals surface area contributed by atoms with Crippen LogP contribution in [-0.4, -0.2) is 18.1 Å². The number of hydrogen-bond donors (Lipinski definition) is 2. The summed E-state index contributed by atoms with van der Waals surface area (Å²) in [5.74, 6) is 1.51. The predicted octanol–water partition coefficient (Wildman–Crippen LogP) is 3.93. The summed E-state index contributed by atoms with van der Waals surface area (Å²) in [6, 6.07) is 9.84. The highest BCUT2D eigenvalue weighted by atomic mass is 15.2. The van der Waals surface area contributed by atoms with Crippen LogP contribution in [-0.2, 0) is 5.41 Å². The minimum Gasteiger partial charge on any atom is -0.378 e. The molecule has 1 aromatic carbocycles. The van der Waals surface area contributed by atoms with Crippen molar-refractivity contribution in [3.63, 3.8) is 0 Å². The molecule has 5 rings (SSSR count). The number of hydrogen-bond acceptors (Lipinski definition) is 2. The van der Waals surface area contributed by atoms with E-state index in [-0.39, 0.29) is 5.54 Å². The Morgan fingerprint density at radius 1 is 1.23 bits per heavy atom. The van der Waals surface area contributed by atoms with Crippen LogP contribution in [0.2, 0.25) is 0 Å². The van der Waals surface area contributed by atoms with Gasteiger partial charge in [0.15, 0.2) is 0 Å². The van der Waals surface area contributed by atoms with Gasteiger partial charge in [0.25, 0.3) is 0 Å². The van der Waals surface area contributed by atoms with Crippen LogP contribution in [0.1, 0.15) is 52.0 Å². The Bertz CT molecular complexity index is 640. The number of nitrogens with one attached hydrogen (secondary N) is 2. The van der Waals surface area contributed by atoms with Gasteiger partial charge in [-0.15, -0.1) is 0 Å². The minimum atomic E-state index is 0.278. The third kappa shape index (κ3) is 1.06.